The molecule has 0 aromatic carbocycles. The normalized spacial score (nSPS) is 26.9. The fraction of sp³-hybridized carbons (Fsp3) is 0.400. The van der Waals surface area contributed by atoms with Crippen LogP contribution in [0.3, 0.4) is 0 Å². The summed E-state index contributed by atoms with van der Waals surface area (Å²) in [5.74, 6) is -0.317. The predicted octanol–water partition coefficient (Wildman–Crippen LogP) is -1.17. The number of nitrogens with zero attached hydrogens (tertiary/aromatic N) is 1. The second kappa shape index (κ2) is 1.88. The van der Waals surface area contributed by atoms with E-state index in [1.807, 2.05) is 0 Å². The minimum Gasteiger partial charge on any atom is -0.370 e. The van der Waals surface area contributed by atoms with Crippen LogP contribution in [-0.2, 0) is 4.79 Å². The SMILES string of the molecule is [B]C1=CC(O)N(C)C1=O. The molecule has 0 saturated heterocycles. The molecule has 1 rings (SSSR count). The van der Waals surface area contributed by atoms with Crippen molar-refractivity contribution in [2.75, 3.05) is 7.05 Å². The van der Waals surface area contributed by atoms with Gasteiger partial charge >= 0.3 is 0 Å². The summed E-state index contributed by atoms with van der Waals surface area (Å²) in [6.45, 7) is 0. The van der Waals surface area contributed by atoms with E-state index in [9.17, 15) is 4.79 Å². The minimum absolute atomic E-state index is 0.116. The smallest absolute Gasteiger partial charge is 0.241 e. The minimum atomic E-state index is -0.836. The van der Waals surface area contributed by atoms with Crippen molar-refractivity contribution in [3.05, 3.63) is 11.5 Å². The summed E-state index contributed by atoms with van der Waals surface area (Å²) in [4.78, 5) is 11.9. The number of rotatable bonds is 0. The summed E-state index contributed by atoms with van der Waals surface area (Å²) in [5, 5.41) is 8.89. The number of carbonyl (C=O) groups excluding carboxylic acids is 1. The molecule has 46 valence electrons. The maximum atomic E-state index is 10.7. The van der Waals surface area contributed by atoms with E-state index in [1.54, 1.807) is 0 Å². The molecule has 0 aromatic rings. The first kappa shape index (κ1) is 6.36. The van der Waals surface area contributed by atoms with Gasteiger partial charge in [0.2, 0.25) is 5.91 Å². The average molecular weight is 123 g/mol. The first-order chi connectivity index (χ1) is 4.13. The molecule has 0 saturated carbocycles. The van der Waals surface area contributed by atoms with Gasteiger partial charge < -0.3 is 10.0 Å². The van der Waals surface area contributed by atoms with E-state index in [0.29, 0.717) is 0 Å². The lowest BCUT2D eigenvalue weighted by atomic mass is 9.96. The number of carbonyl (C=O) groups is 1. The number of likely N-dealkylation sites (N-methyl/N-ethyl adjacent to an activating group) is 1. The van der Waals surface area contributed by atoms with Gasteiger partial charge in [-0.3, -0.25) is 4.79 Å². The molecule has 1 N–H and O–H groups in total. The van der Waals surface area contributed by atoms with Crippen molar-refractivity contribution in [1.29, 1.82) is 0 Å². The molecule has 1 aliphatic heterocycles. The van der Waals surface area contributed by atoms with E-state index in [1.165, 1.54) is 13.1 Å². The number of hydrogen-bond acceptors (Lipinski definition) is 2. The van der Waals surface area contributed by atoms with Gasteiger partial charge in [-0.05, 0) is 11.5 Å². The molecule has 1 aliphatic rings. The van der Waals surface area contributed by atoms with Crippen LogP contribution in [0.15, 0.2) is 11.5 Å². The van der Waals surface area contributed by atoms with Crippen LogP contribution >= 0.6 is 0 Å². The molecule has 1 heterocycles. The van der Waals surface area contributed by atoms with Crippen LogP contribution in [0, 0.1) is 0 Å². The number of hydrogen-bond donors (Lipinski definition) is 1. The maximum absolute atomic E-state index is 10.7. The Morgan fingerprint density at radius 1 is 1.89 bits per heavy atom. The van der Waals surface area contributed by atoms with Crippen LogP contribution in [0.2, 0.25) is 0 Å². The molecule has 0 aliphatic carbocycles. The zero-order chi connectivity index (χ0) is 7.02. The largest absolute Gasteiger partial charge is 0.370 e. The van der Waals surface area contributed by atoms with Crippen LogP contribution in [0.4, 0.5) is 0 Å². The van der Waals surface area contributed by atoms with Crippen LogP contribution < -0.4 is 0 Å². The predicted molar refractivity (Wildman–Crippen MR) is 32.6 cm³/mol. The highest BCUT2D eigenvalue weighted by Crippen LogP contribution is 2.09. The molecule has 0 fully saturated rings. The summed E-state index contributed by atoms with van der Waals surface area (Å²) in [7, 11) is 6.66. The Kier molecular flexibility index (Phi) is 1.33. The summed E-state index contributed by atoms with van der Waals surface area (Å²) in [6.07, 6.45) is 0.472. The van der Waals surface area contributed by atoms with Crippen molar-refractivity contribution >= 4 is 13.8 Å². The quantitative estimate of drug-likeness (QED) is 0.412. The van der Waals surface area contributed by atoms with Gasteiger partial charge in [0, 0.05) is 7.05 Å². The lowest BCUT2D eigenvalue weighted by molar-refractivity contribution is -0.129. The Morgan fingerprint density at radius 2 is 2.44 bits per heavy atom. The van der Waals surface area contributed by atoms with E-state index in [-0.39, 0.29) is 11.4 Å². The molecule has 0 aromatic heterocycles. The van der Waals surface area contributed by atoms with Crippen LogP contribution in [0.25, 0.3) is 0 Å². The second-order valence-electron chi connectivity index (χ2n) is 1.95. The van der Waals surface area contributed by atoms with Gasteiger partial charge in [0.25, 0.3) is 0 Å². The molecule has 0 spiro atoms. The van der Waals surface area contributed by atoms with E-state index in [4.69, 9.17) is 13.0 Å². The molecule has 1 amide bonds. The lowest BCUT2D eigenvalue weighted by Crippen LogP contribution is -2.29. The Morgan fingerprint density at radius 3 is 2.56 bits per heavy atom. The number of aliphatic hydroxyl groups is 1. The van der Waals surface area contributed by atoms with Crippen molar-refractivity contribution in [1.82, 2.24) is 4.90 Å². The summed E-state index contributed by atoms with van der Waals surface area (Å²) < 4.78 is 0. The molecular weight excluding hydrogens is 117 g/mol. The second-order valence-corrected chi connectivity index (χ2v) is 1.95. The van der Waals surface area contributed by atoms with Crippen LogP contribution in [0.1, 0.15) is 0 Å². The lowest BCUT2D eigenvalue weighted by Gasteiger charge is -2.12. The Labute approximate surface area is 54.4 Å². The Bertz CT molecular complexity index is 178. The zero-order valence-corrected chi connectivity index (χ0v) is 5.03. The van der Waals surface area contributed by atoms with E-state index in [2.05, 4.69) is 0 Å². The van der Waals surface area contributed by atoms with E-state index >= 15 is 0 Å². The summed E-state index contributed by atoms with van der Waals surface area (Å²) in [6, 6.07) is 0. The van der Waals surface area contributed by atoms with Crippen LogP contribution in [0.5, 0.6) is 0 Å². The molecule has 4 heteroatoms. The molecule has 0 bridgehead atoms. The third-order valence-electron chi connectivity index (χ3n) is 1.29. The van der Waals surface area contributed by atoms with Gasteiger partial charge in [0.1, 0.15) is 14.1 Å². The monoisotopic (exact) mass is 123 g/mol. The Hall–Kier alpha value is -0.765. The molecule has 9 heavy (non-hydrogen) atoms. The molecular formula is C5H6BNO2. The summed E-state index contributed by atoms with van der Waals surface area (Å²) in [5.41, 5.74) is 0.116. The van der Waals surface area contributed by atoms with E-state index < -0.39 is 6.23 Å². The third kappa shape index (κ3) is 0.854. The maximum Gasteiger partial charge on any atom is 0.241 e. The van der Waals surface area contributed by atoms with E-state index in [0.717, 1.165) is 4.90 Å². The van der Waals surface area contributed by atoms with Crippen LogP contribution in [-0.4, -0.2) is 37.0 Å². The van der Waals surface area contributed by atoms with Gasteiger partial charge in [-0.2, -0.15) is 0 Å². The molecule has 2 radical (unpaired) electrons. The topological polar surface area (TPSA) is 40.5 Å². The zero-order valence-electron chi connectivity index (χ0n) is 5.03. The van der Waals surface area contributed by atoms with Crippen molar-refractivity contribution in [3.63, 3.8) is 0 Å². The van der Waals surface area contributed by atoms with Crippen molar-refractivity contribution in [2.45, 2.75) is 6.23 Å². The average Bonchev–Trinajstić information content (AvgIpc) is 1.98. The third-order valence-corrected chi connectivity index (χ3v) is 1.29. The number of amides is 1. The Balaban J connectivity index is 2.82. The number of aliphatic hydroxyl groups excluding tert-OH is 1. The summed E-state index contributed by atoms with van der Waals surface area (Å²) >= 11 is 0. The van der Waals surface area contributed by atoms with Gasteiger partial charge in [-0.25, -0.2) is 0 Å². The first-order valence-electron chi connectivity index (χ1n) is 2.55. The van der Waals surface area contributed by atoms with Crippen molar-refractivity contribution < 1.29 is 9.90 Å². The first-order valence-corrected chi connectivity index (χ1v) is 2.55. The van der Waals surface area contributed by atoms with Crippen molar-refractivity contribution in [2.24, 2.45) is 0 Å². The molecule has 1 unspecified atom stereocenters. The van der Waals surface area contributed by atoms with Gasteiger partial charge in [0.05, 0.1) is 0 Å². The highest BCUT2D eigenvalue weighted by Gasteiger charge is 2.23. The van der Waals surface area contributed by atoms with Crippen molar-refractivity contribution in [3.8, 4) is 0 Å². The molecule has 1 atom stereocenters. The highest BCUT2D eigenvalue weighted by molar-refractivity contribution is 6.37. The van der Waals surface area contributed by atoms with Gasteiger partial charge in [-0.1, -0.05) is 0 Å². The fourth-order valence-corrected chi connectivity index (χ4v) is 0.667. The molecule has 3 nitrogen and oxygen atoms in total. The van der Waals surface area contributed by atoms with Gasteiger partial charge in [0.15, 0.2) is 0 Å². The van der Waals surface area contributed by atoms with Gasteiger partial charge in [-0.15, -0.1) is 0 Å². The standard InChI is InChI=1S/C5H6BNO2/c1-7-4(8)2-3(6)5(7)9/h2,4,8H,1H3. The fourth-order valence-electron chi connectivity index (χ4n) is 0.667. The highest BCUT2D eigenvalue weighted by atomic mass is 16.3.